The number of hydrogen-bond acceptors (Lipinski definition) is 2. The number of aliphatic imine (C=N–C) groups is 1. The number of benzene rings is 1. The zero-order valence-corrected chi connectivity index (χ0v) is 12.8. The normalized spacial score (nSPS) is 16.1. The Morgan fingerprint density at radius 3 is 2.30 bits per heavy atom. The van der Waals surface area contributed by atoms with Crippen LogP contribution in [0.5, 0.6) is 5.75 Å². The molecular formula is C12H15F3IN3O. The second-order valence-electron chi connectivity index (χ2n) is 4.30. The fourth-order valence-electron chi connectivity index (χ4n) is 1.63. The van der Waals surface area contributed by atoms with Gasteiger partial charge in [-0.2, -0.15) is 0 Å². The number of alkyl halides is 3. The Morgan fingerprint density at radius 2 is 1.85 bits per heavy atom. The number of guanidine groups is 1. The third kappa shape index (κ3) is 5.43. The third-order valence-corrected chi connectivity index (χ3v) is 2.76. The van der Waals surface area contributed by atoms with E-state index in [0.29, 0.717) is 5.69 Å². The van der Waals surface area contributed by atoms with Crippen LogP contribution in [0.25, 0.3) is 0 Å². The summed E-state index contributed by atoms with van der Waals surface area (Å²) in [6, 6.07) is 5.59. The summed E-state index contributed by atoms with van der Waals surface area (Å²) in [5.74, 6) is 0.00161. The summed E-state index contributed by atoms with van der Waals surface area (Å²) in [6.45, 7) is 0. The average molecular weight is 401 g/mol. The fraction of sp³-hybridized carbons (Fsp3) is 0.417. The van der Waals surface area contributed by atoms with Gasteiger partial charge in [0.25, 0.3) is 0 Å². The SMILES string of the molecule is I.NC(=NC1CCC1)Nc1ccc(OC(F)(F)F)cc1. The predicted molar refractivity (Wildman–Crippen MR) is 81.4 cm³/mol. The molecule has 1 aliphatic carbocycles. The lowest BCUT2D eigenvalue weighted by molar-refractivity contribution is -0.274. The van der Waals surface area contributed by atoms with E-state index in [1.807, 2.05) is 0 Å². The first-order valence-electron chi connectivity index (χ1n) is 5.88. The van der Waals surface area contributed by atoms with Crippen molar-refractivity contribution in [2.75, 3.05) is 5.32 Å². The van der Waals surface area contributed by atoms with Crippen molar-refractivity contribution in [1.29, 1.82) is 0 Å². The van der Waals surface area contributed by atoms with Crippen molar-refractivity contribution >= 4 is 35.6 Å². The summed E-state index contributed by atoms with van der Waals surface area (Å²) in [5.41, 5.74) is 6.25. The maximum atomic E-state index is 12.0. The third-order valence-electron chi connectivity index (χ3n) is 2.76. The van der Waals surface area contributed by atoms with Crippen LogP contribution in [0.15, 0.2) is 29.3 Å². The summed E-state index contributed by atoms with van der Waals surface area (Å²) in [4.78, 5) is 4.23. The zero-order chi connectivity index (χ0) is 13.9. The molecule has 112 valence electrons. The van der Waals surface area contributed by atoms with Gasteiger partial charge in [0.1, 0.15) is 5.75 Å². The molecule has 2 rings (SSSR count). The maximum Gasteiger partial charge on any atom is 0.573 e. The van der Waals surface area contributed by atoms with Crippen molar-refractivity contribution in [3.63, 3.8) is 0 Å². The number of hydrogen-bond donors (Lipinski definition) is 2. The summed E-state index contributed by atoms with van der Waals surface area (Å²) in [6.07, 6.45) is -1.47. The highest BCUT2D eigenvalue weighted by molar-refractivity contribution is 14.0. The van der Waals surface area contributed by atoms with Gasteiger partial charge in [0.15, 0.2) is 5.96 Å². The second kappa shape index (κ2) is 7.00. The predicted octanol–water partition coefficient (Wildman–Crippen LogP) is 3.48. The number of rotatable bonds is 3. The van der Waals surface area contributed by atoms with Gasteiger partial charge in [-0.1, -0.05) is 0 Å². The Morgan fingerprint density at radius 1 is 1.25 bits per heavy atom. The van der Waals surface area contributed by atoms with E-state index in [-0.39, 0.29) is 41.7 Å². The molecule has 8 heteroatoms. The summed E-state index contributed by atoms with van der Waals surface area (Å²) < 4.78 is 39.7. The maximum absolute atomic E-state index is 12.0. The van der Waals surface area contributed by atoms with Gasteiger partial charge in [-0.15, -0.1) is 37.1 Å². The van der Waals surface area contributed by atoms with Crippen LogP contribution in [0.1, 0.15) is 19.3 Å². The molecule has 1 aromatic rings. The highest BCUT2D eigenvalue weighted by Gasteiger charge is 2.30. The van der Waals surface area contributed by atoms with Gasteiger partial charge < -0.3 is 15.8 Å². The first-order valence-corrected chi connectivity index (χ1v) is 5.88. The number of nitrogens with zero attached hydrogens (tertiary/aromatic N) is 1. The van der Waals surface area contributed by atoms with E-state index < -0.39 is 6.36 Å². The molecule has 1 aliphatic rings. The van der Waals surface area contributed by atoms with E-state index in [4.69, 9.17) is 5.73 Å². The fourth-order valence-corrected chi connectivity index (χ4v) is 1.63. The van der Waals surface area contributed by atoms with Crippen molar-refractivity contribution in [1.82, 2.24) is 0 Å². The molecule has 0 amide bonds. The molecule has 3 N–H and O–H groups in total. The molecule has 1 aromatic carbocycles. The van der Waals surface area contributed by atoms with Gasteiger partial charge in [-0.25, -0.2) is 4.99 Å². The molecule has 0 bridgehead atoms. The minimum absolute atomic E-state index is 0. The first-order chi connectivity index (χ1) is 8.92. The first kappa shape index (κ1) is 16.9. The molecule has 0 heterocycles. The lowest BCUT2D eigenvalue weighted by Gasteiger charge is -2.21. The largest absolute Gasteiger partial charge is 0.573 e. The Balaban J connectivity index is 0.00000200. The Bertz CT molecular complexity index is 458. The van der Waals surface area contributed by atoms with E-state index in [1.54, 1.807) is 0 Å². The van der Waals surface area contributed by atoms with Gasteiger partial charge >= 0.3 is 6.36 Å². The van der Waals surface area contributed by atoms with Gasteiger partial charge in [-0.05, 0) is 43.5 Å². The number of ether oxygens (including phenoxy) is 1. The smallest absolute Gasteiger partial charge is 0.406 e. The minimum Gasteiger partial charge on any atom is -0.406 e. The molecule has 1 saturated carbocycles. The Hall–Kier alpha value is -1.19. The molecule has 1 fully saturated rings. The van der Waals surface area contributed by atoms with Crippen LogP contribution in [0.3, 0.4) is 0 Å². The molecule has 0 unspecified atom stereocenters. The Kier molecular flexibility index (Phi) is 5.90. The van der Waals surface area contributed by atoms with Crippen LogP contribution >= 0.6 is 24.0 Å². The summed E-state index contributed by atoms with van der Waals surface area (Å²) >= 11 is 0. The minimum atomic E-state index is -4.68. The van der Waals surface area contributed by atoms with Crippen LogP contribution in [-0.2, 0) is 0 Å². The van der Waals surface area contributed by atoms with Gasteiger partial charge in [0.2, 0.25) is 0 Å². The van der Waals surface area contributed by atoms with E-state index in [2.05, 4.69) is 15.0 Å². The van der Waals surface area contributed by atoms with Gasteiger partial charge in [-0.3, -0.25) is 0 Å². The molecule has 0 saturated heterocycles. The van der Waals surface area contributed by atoms with Crippen LogP contribution in [0.2, 0.25) is 0 Å². The van der Waals surface area contributed by atoms with E-state index in [1.165, 1.54) is 24.3 Å². The molecule has 0 aliphatic heterocycles. The van der Waals surface area contributed by atoms with Crippen molar-refractivity contribution in [3.05, 3.63) is 24.3 Å². The standard InChI is InChI=1S/C12H14F3N3O.HI/c13-12(14,15)19-10-6-4-9(5-7-10)18-11(16)17-8-2-1-3-8;/h4-8H,1-3H2,(H3,16,17,18);1H. The summed E-state index contributed by atoms with van der Waals surface area (Å²) in [5, 5.41) is 2.82. The lowest BCUT2D eigenvalue weighted by Crippen LogP contribution is -2.27. The molecule has 0 spiro atoms. The van der Waals surface area contributed by atoms with Crippen molar-refractivity contribution in [3.8, 4) is 5.75 Å². The van der Waals surface area contributed by atoms with Crippen molar-refractivity contribution < 1.29 is 17.9 Å². The van der Waals surface area contributed by atoms with Gasteiger partial charge in [0.05, 0.1) is 6.04 Å². The molecule has 4 nitrogen and oxygen atoms in total. The average Bonchev–Trinajstić information content (AvgIpc) is 2.24. The number of anilines is 1. The molecule has 0 radical (unpaired) electrons. The van der Waals surface area contributed by atoms with Crippen molar-refractivity contribution in [2.24, 2.45) is 10.7 Å². The molecule has 0 aromatic heterocycles. The highest BCUT2D eigenvalue weighted by Crippen LogP contribution is 2.24. The van der Waals surface area contributed by atoms with Crippen LogP contribution in [0, 0.1) is 0 Å². The zero-order valence-electron chi connectivity index (χ0n) is 10.5. The van der Waals surface area contributed by atoms with Gasteiger partial charge in [0, 0.05) is 5.69 Å². The number of halogens is 4. The van der Waals surface area contributed by atoms with Crippen LogP contribution in [-0.4, -0.2) is 18.4 Å². The Labute approximate surface area is 131 Å². The van der Waals surface area contributed by atoms with Crippen LogP contribution < -0.4 is 15.8 Å². The molecule has 0 atom stereocenters. The monoisotopic (exact) mass is 401 g/mol. The highest BCUT2D eigenvalue weighted by atomic mass is 127. The summed E-state index contributed by atoms with van der Waals surface area (Å²) in [7, 11) is 0. The quantitative estimate of drug-likeness (QED) is 0.463. The molecular weight excluding hydrogens is 386 g/mol. The van der Waals surface area contributed by atoms with E-state index >= 15 is 0 Å². The molecule has 20 heavy (non-hydrogen) atoms. The topological polar surface area (TPSA) is 59.6 Å². The number of nitrogens with one attached hydrogen (secondary N) is 1. The van der Waals surface area contributed by atoms with Crippen molar-refractivity contribution in [2.45, 2.75) is 31.7 Å². The number of nitrogens with two attached hydrogens (primary N) is 1. The van der Waals surface area contributed by atoms with Crippen LogP contribution in [0.4, 0.5) is 18.9 Å². The second-order valence-corrected chi connectivity index (χ2v) is 4.30. The lowest BCUT2D eigenvalue weighted by atomic mass is 9.94. The van der Waals surface area contributed by atoms with E-state index in [9.17, 15) is 13.2 Å². The van der Waals surface area contributed by atoms with E-state index in [0.717, 1.165) is 19.3 Å².